The van der Waals surface area contributed by atoms with Crippen LogP contribution in [0.2, 0.25) is 5.02 Å². The lowest BCUT2D eigenvalue weighted by Gasteiger charge is -2.26. The minimum Gasteiger partial charge on any atom is -0.491 e. The van der Waals surface area contributed by atoms with Crippen molar-refractivity contribution < 1.29 is 23.7 Å². The van der Waals surface area contributed by atoms with Gasteiger partial charge >= 0.3 is 6.03 Å². The van der Waals surface area contributed by atoms with Crippen molar-refractivity contribution in [1.29, 1.82) is 5.26 Å². The molecule has 0 unspecified atom stereocenters. The van der Waals surface area contributed by atoms with Crippen LogP contribution >= 0.6 is 11.6 Å². The third-order valence-corrected chi connectivity index (χ3v) is 5.25. The summed E-state index contributed by atoms with van der Waals surface area (Å²) in [7, 11) is 0. The van der Waals surface area contributed by atoms with Gasteiger partial charge in [0.05, 0.1) is 30.1 Å². The van der Waals surface area contributed by atoms with Crippen molar-refractivity contribution in [3.05, 3.63) is 41.2 Å². The number of anilines is 2. The van der Waals surface area contributed by atoms with Gasteiger partial charge in [-0.1, -0.05) is 11.6 Å². The summed E-state index contributed by atoms with van der Waals surface area (Å²) in [5.74, 6) is 0.969. The van der Waals surface area contributed by atoms with Gasteiger partial charge in [-0.15, -0.1) is 0 Å². The number of amides is 2. The lowest BCUT2D eigenvalue weighted by atomic mass is 10.2. The molecule has 12 heteroatoms. The fourth-order valence-corrected chi connectivity index (χ4v) is 3.47. The summed E-state index contributed by atoms with van der Waals surface area (Å²) in [6, 6.07) is 4.51. The zero-order valence-electron chi connectivity index (χ0n) is 18.3. The van der Waals surface area contributed by atoms with Crippen LogP contribution in [0.4, 0.5) is 16.3 Å². The Labute approximate surface area is 201 Å². The van der Waals surface area contributed by atoms with Gasteiger partial charge in [0.2, 0.25) is 5.69 Å². The molecule has 2 N–H and O–H groups in total. The average Bonchev–Trinajstić information content (AvgIpc) is 2.83. The van der Waals surface area contributed by atoms with Crippen molar-refractivity contribution in [3.63, 3.8) is 0 Å². The molecule has 2 aromatic rings. The highest BCUT2D eigenvalue weighted by molar-refractivity contribution is 6.32. The third kappa shape index (κ3) is 6.26. The molecule has 2 amide bonds. The Kier molecular flexibility index (Phi) is 7.98. The maximum absolute atomic E-state index is 12.6. The SMILES string of the molecule is N#Cc1ncc2nc1OC/C=C\COc1cc(OCCN3CCOCC3)c(Cl)cc1NC(=O)N2. The van der Waals surface area contributed by atoms with E-state index in [2.05, 4.69) is 25.5 Å². The molecule has 1 aromatic carbocycles. The number of carbonyl (C=O) groups excluding carboxylic acids is 1. The summed E-state index contributed by atoms with van der Waals surface area (Å²) in [6.45, 7) is 4.70. The van der Waals surface area contributed by atoms with E-state index >= 15 is 0 Å². The molecule has 4 rings (SSSR count). The fourth-order valence-electron chi connectivity index (χ4n) is 3.25. The van der Waals surface area contributed by atoms with Gasteiger partial charge in [0, 0.05) is 25.7 Å². The van der Waals surface area contributed by atoms with Crippen LogP contribution in [0.1, 0.15) is 5.69 Å². The number of nitrogens with one attached hydrogen (secondary N) is 2. The molecule has 2 bridgehead atoms. The number of hydrogen-bond acceptors (Lipinski definition) is 9. The predicted molar refractivity (Wildman–Crippen MR) is 124 cm³/mol. The van der Waals surface area contributed by atoms with Crippen LogP contribution in [-0.2, 0) is 4.74 Å². The number of rotatable bonds is 4. The first-order chi connectivity index (χ1) is 16.6. The highest BCUT2D eigenvalue weighted by Crippen LogP contribution is 2.36. The second-order valence-corrected chi connectivity index (χ2v) is 7.68. The first kappa shape index (κ1) is 23.6. The van der Waals surface area contributed by atoms with E-state index in [9.17, 15) is 4.79 Å². The van der Waals surface area contributed by atoms with Crippen LogP contribution < -0.4 is 24.8 Å². The van der Waals surface area contributed by atoms with Crippen molar-refractivity contribution in [2.24, 2.45) is 0 Å². The lowest BCUT2D eigenvalue weighted by molar-refractivity contribution is 0.0322. The number of fused-ring (bicyclic) bond motifs is 3. The molecule has 2 aliphatic heterocycles. The second-order valence-electron chi connectivity index (χ2n) is 7.27. The summed E-state index contributed by atoms with van der Waals surface area (Å²) < 4.78 is 22.6. The van der Waals surface area contributed by atoms with E-state index in [0.717, 1.165) is 32.8 Å². The maximum atomic E-state index is 12.6. The summed E-state index contributed by atoms with van der Waals surface area (Å²) in [4.78, 5) is 22.9. The molecule has 0 spiro atoms. The van der Waals surface area contributed by atoms with Crippen LogP contribution in [-0.4, -0.2) is 73.6 Å². The van der Waals surface area contributed by atoms with Gasteiger partial charge in [0.15, 0.2) is 5.82 Å². The van der Waals surface area contributed by atoms with Gasteiger partial charge in [-0.3, -0.25) is 10.2 Å². The van der Waals surface area contributed by atoms with E-state index in [0.29, 0.717) is 28.8 Å². The minimum absolute atomic E-state index is 0.0148. The Hall–Kier alpha value is -3.59. The normalized spacial score (nSPS) is 17.5. The van der Waals surface area contributed by atoms with Crippen LogP contribution in [0.5, 0.6) is 17.4 Å². The first-order valence-electron chi connectivity index (χ1n) is 10.6. The number of benzene rings is 1. The van der Waals surface area contributed by atoms with Crippen molar-refractivity contribution in [1.82, 2.24) is 14.9 Å². The van der Waals surface area contributed by atoms with Gasteiger partial charge in [-0.25, -0.2) is 9.78 Å². The molecule has 0 atom stereocenters. The van der Waals surface area contributed by atoms with E-state index in [1.165, 1.54) is 6.20 Å². The van der Waals surface area contributed by atoms with Crippen LogP contribution in [0, 0.1) is 11.3 Å². The van der Waals surface area contributed by atoms with Gasteiger partial charge in [-0.2, -0.15) is 10.2 Å². The third-order valence-electron chi connectivity index (χ3n) is 4.96. The molecule has 3 heterocycles. The van der Waals surface area contributed by atoms with Gasteiger partial charge in [0.1, 0.15) is 37.4 Å². The van der Waals surface area contributed by atoms with E-state index in [-0.39, 0.29) is 30.6 Å². The molecule has 11 nitrogen and oxygen atoms in total. The smallest absolute Gasteiger partial charge is 0.325 e. The summed E-state index contributed by atoms with van der Waals surface area (Å²) in [6.07, 6.45) is 4.73. The fraction of sp³-hybridized carbons (Fsp3) is 0.364. The molecule has 34 heavy (non-hydrogen) atoms. The van der Waals surface area contributed by atoms with Crippen molar-refractivity contribution in [3.8, 4) is 23.4 Å². The maximum Gasteiger partial charge on any atom is 0.325 e. The number of ether oxygens (including phenoxy) is 4. The monoisotopic (exact) mass is 486 g/mol. The Morgan fingerprint density at radius 2 is 1.97 bits per heavy atom. The number of halogens is 1. The zero-order valence-corrected chi connectivity index (χ0v) is 19.0. The molecule has 1 saturated heterocycles. The number of nitriles is 1. The number of aromatic nitrogens is 2. The van der Waals surface area contributed by atoms with E-state index < -0.39 is 6.03 Å². The molecule has 0 aliphatic carbocycles. The van der Waals surface area contributed by atoms with Crippen LogP contribution in [0.15, 0.2) is 30.5 Å². The van der Waals surface area contributed by atoms with Gasteiger partial charge in [0.25, 0.3) is 5.88 Å². The Balaban J connectivity index is 1.50. The molecular formula is C22H23ClN6O5. The molecule has 0 radical (unpaired) electrons. The number of urea groups is 1. The summed E-state index contributed by atoms with van der Waals surface area (Å²) >= 11 is 6.42. The molecule has 1 aromatic heterocycles. The largest absolute Gasteiger partial charge is 0.491 e. The topological polar surface area (TPSA) is 131 Å². The number of morpholine rings is 1. The minimum atomic E-state index is -0.598. The van der Waals surface area contributed by atoms with Crippen molar-refractivity contribution in [2.45, 2.75) is 0 Å². The Morgan fingerprint density at radius 3 is 2.76 bits per heavy atom. The van der Waals surface area contributed by atoms with Gasteiger partial charge < -0.3 is 24.3 Å². The van der Waals surface area contributed by atoms with Crippen molar-refractivity contribution >= 4 is 29.1 Å². The Bertz CT molecular complexity index is 1100. The molecule has 0 saturated carbocycles. The predicted octanol–water partition coefficient (Wildman–Crippen LogP) is 2.68. The quantitative estimate of drug-likeness (QED) is 0.626. The van der Waals surface area contributed by atoms with Crippen molar-refractivity contribution in [2.75, 3.05) is 63.3 Å². The number of nitrogens with zero attached hydrogens (tertiary/aromatic N) is 4. The standard InChI is InChI=1S/C22H23ClN6O5/c23-15-11-16-19(12-18(15)33-10-5-29-3-8-31-9-4-29)32-6-1-2-7-34-21-17(13-24)25-14-20(27-21)28-22(30)26-16/h1-2,11-12,14H,3-10H2,(H2,26,27,28,30)/b2-1-. The zero-order chi connectivity index (χ0) is 23.8. The van der Waals surface area contributed by atoms with E-state index in [1.54, 1.807) is 24.3 Å². The molecule has 1 fully saturated rings. The van der Waals surface area contributed by atoms with E-state index in [4.69, 9.17) is 35.8 Å². The van der Waals surface area contributed by atoms with E-state index in [1.807, 2.05) is 6.07 Å². The van der Waals surface area contributed by atoms with Crippen LogP contribution in [0.3, 0.4) is 0 Å². The number of hydrogen-bond donors (Lipinski definition) is 2. The highest BCUT2D eigenvalue weighted by atomic mass is 35.5. The molecule has 178 valence electrons. The molecular weight excluding hydrogens is 464 g/mol. The van der Waals surface area contributed by atoms with Gasteiger partial charge in [-0.05, 0) is 18.2 Å². The van der Waals surface area contributed by atoms with Crippen LogP contribution in [0.25, 0.3) is 0 Å². The summed E-state index contributed by atoms with van der Waals surface area (Å²) in [5, 5.41) is 14.7. The second kappa shape index (κ2) is 11.5. The first-order valence-corrected chi connectivity index (χ1v) is 11.0. The Morgan fingerprint density at radius 1 is 1.18 bits per heavy atom. The lowest BCUT2D eigenvalue weighted by Crippen LogP contribution is -2.38. The average molecular weight is 487 g/mol. The number of carbonyl (C=O) groups is 1. The highest BCUT2D eigenvalue weighted by Gasteiger charge is 2.17. The summed E-state index contributed by atoms with van der Waals surface area (Å²) in [5.41, 5.74) is 0.368. The molecule has 2 aliphatic rings.